The molecule has 1 aliphatic rings. The number of carbonyl (C=O) groups excluding carboxylic acids is 1. The Morgan fingerprint density at radius 3 is 2.48 bits per heavy atom. The monoisotopic (exact) mass is 422 g/mol. The minimum absolute atomic E-state index is 0.0389. The number of nitrogens with zero attached hydrogens (tertiary/aromatic N) is 1. The molecule has 1 amide bonds. The highest BCUT2D eigenvalue weighted by Crippen LogP contribution is 2.39. The second-order valence-corrected chi connectivity index (χ2v) is 7.13. The van der Waals surface area contributed by atoms with Crippen LogP contribution in [0.5, 0.6) is 5.75 Å². The number of rotatable bonds is 4. The number of para-hydroxylation sites is 2. The molecular weight excluding hydrogens is 404 g/mol. The predicted molar refractivity (Wildman–Crippen MR) is 111 cm³/mol. The molecule has 27 heavy (non-hydrogen) atoms. The first-order chi connectivity index (χ1) is 13.2. The highest BCUT2D eigenvalue weighted by Gasteiger charge is 2.35. The summed E-state index contributed by atoms with van der Waals surface area (Å²) in [5.41, 5.74) is 3.23. The molecule has 0 spiro atoms. The second kappa shape index (κ2) is 7.45. The van der Waals surface area contributed by atoms with Crippen molar-refractivity contribution in [3.63, 3.8) is 0 Å². The smallest absolute Gasteiger partial charge is 0.262 e. The van der Waals surface area contributed by atoms with Gasteiger partial charge in [-0.15, -0.1) is 0 Å². The summed E-state index contributed by atoms with van der Waals surface area (Å²) in [6.07, 6.45) is -0.365. The number of anilines is 2. The molecule has 3 aromatic rings. The van der Waals surface area contributed by atoms with Gasteiger partial charge in [0.1, 0.15) is 11.9 Å². The lowest BCUT2D eigenvalue weighted by Crippen LogP contribution is -2.43. The van der Waals surface area contributed by atoms with Gasteiger partial charge < -0.3 is 10.1 Å². The molecule has 4 rings (SSSR count). The van der Waals surface area contributed by atoms with Crippen molar-refractivity contribution in [2.75, 3.05) is 16.8 Å². The van der Waals surface area contributed by atoms with Crippen molar-refractivity contribution in [3.05, 3.63) is 88.4 Å². The van der Waals surface area contributed by atoms with Crippen LogP contribution in [0.2, 0.25) is 0 Å². The molecule has 5 heteroatoms. The highest BCUT2D eigenvalue weighted by molar-refractivity contribution is 9.10. The van der Waals surface area contributed by atoms with Crippen molar-refractivity contribution >= 4 is 33.2 Å². The minimum Gasteiger partial charge on any atom is -0.493 e. The van der Waals surface area contributed by atoms with E-state index in [1.54, 1.807) is 4.90 Å². The molecule has 0 saturated carbocycles. The fourth-order valence-electron chi connectivity index (χ4n) is 3.33. The van der Waals surface area contributed by atoms with E-state index in [1.807, 2.05) is 79.7 Å². The number of nitrogens with one attached hydrogen (secondary N) is 1. The maximum Gasteiger partial charge on any atom is 0.262 e. The number of benzene rings is 3. The molecule has 0 saturated heterocycles. The Hall–Kier alpha value is -2.79. The molecule has 0 bridgehead atoms. The van der Waals surface area contributed by atoms with Gasteiger partial charge in [-0.05, 0) is 49.4 Å². The minimum atomic E-state index is -0.365. The first kappa shape index (κ1) is 17.6. The number of ether oxygens (including phenoxy) is 1. The lowest BCUT2D eigenvalue weighted by atomic mass is 10.0. The van der Waals surface area contributed by atoms with Gasteiger partial charge in [0.05, 0.1) is 12.2 Å². The van der Waals surface area contributed by atoms with E-state index >= 15 is 0 Å². The first-order valence-corrected chi connectivity index (χ1v) is 9.64. The zero-order valence-electron chi connectivity index (χ0n) is 14.9. The van der Waals surface area contributed by atoms with Crippen LogP contribution in [0, 0.1) is 0 Å². The SMILES string of the molecule is CCOc1ccccc1[C@@H]1Nc2ccccc2C(=O)N1c1ccc(Br)cc1. The number of halogens is 1. The molecule has 1 N–H and O–H groups in total. The average Bonchev–Trinajstić information content (AvgIpc) is 2.70. The summed E-state index contributed by atoms with van der Waals surface area (Å²) < 4.78 is 6.80. The standard InChI is InChI=1S/C22H19BrN2O2/c1-2-27-20-10-6-4-8-18(20)21-24-19-9-5-3-7-17(19)22(26)25(21)16-13-11-15(23)12-14-16/h3-14,21,24H,2H2,1H3/t21-/m1/s1. The van der Waals surface area contributed by atoms with Crippen LogP contribution in [-0.4, -0.2) is 12.5 Å². The largest absolute Gasteiger partial charge is 0.493 e. The number of amides is 1. The van der Waals surface area contributed by atoms with Gasteiger partial charge in [-0.3, -0.25) is 9.69 Å². The van der Waals surface area contributed by atoms with Crippen molar-refractivity contribution in [1.29, 1.82) is 0 Å². The third-order valence-corrected chi connectivity index (χ3v) is 5.07. The van der Waals surface area contributed by atoms with Crippen LogP contribution in [0.15, 0.2) is 77.3 Å². The molecule has 0 radical (unpaired) electrons. The highest BCUT2D eigenvalue weighted by atomic mass is 79.9. The molecule has 0 aliphatic carbocycles. The Kier molecular flexibility index (Phi) is 4.86. The molecular formula is C22H19BrN2O2. The van der Waals surface area contributed by atoms with E-state index in [2.05, 4.69) is 21.2 Å². The maximum atomic E-state index is 13.4. The quantitative estimate of drug-likeness (QED) is 0.593. The van der Waals surface area contributed by atoms with Crippen LogP contribution in [-0.2, 0) is 0 Å². The fourth-order valence-corrected chi connectivity index (χ4v) is 3.60. The van der Waals surface area contributed by atoms with E-state index < -0.39 is 0 Å². The zero-order valence-corrected chi connectivity index (χ0v) is 16.4. The van der Waals surface area contributed by atoms with Gasteiger partial charge in [-0.1, -0.05) is 46.3 Å². The van der Waals surface area contributed by atoms with E-state index in [4.69, 9.17) is 4.74 Å². The van der Waals surface area contributed by atoms with Gasteiger partial charge >= 0.3 is 0 Å². The molecule has 0 fully saturated rings. The summed E-state index contributed by atoms with van der Waals surface area (Å²) in [5.74, 6) is 0.731. The Labute approximate surface area is 166 Å². The molecule has 3 aromatic carbocycles. The lowest BCUT2D eigenvalue weighted by molar-refractivity contribution is 0.0974. The Balaban J connectivity index is 1.87. The van der Waals surface area contributed by atoms with E-state index in [0.717, 1.165) is 27.2 Å². The lowest BCUT2D eigenvalue weighted by Gasteiger charge is -2.38. The predicted octanol–water partition coefficient (Wildman–Crippen LogP) is 5.62. The van der Waals surface area contributed by atoms with E-state index in [1.165, 1.54) is 0 Å². The number of carbonyl (C=O) groups is 1. The van der Waals surface area contributed by atoms with Crippen molar-refractivity contribution in [2.45, 2.75) is 13.1 Å². The maximum absolute atomic E-state index is 13.4. The van der Waals surface area contributed by atoms with Gasteiger partial charge in [0.2, 0.25) is 0 Å². The molecule has 0 aromatic heterocycles. The van der Waals surface area contributed by atoms with Crippen LogP contribution in [0.3, 0.4) is 0 Å². The fraction of sp³-hybridized carbons (Fsp3) is 0.136. The van der Waals surface area contributed by atoms with Gasteiger partial charge in [0, 0.05) is 21.4 Å². The second-order valence-electron chi connectivity index (χ2n) is 6.21. The van der Waals surface area contributed by atoms with Crippen molar-refractivity contribution < 1.29 is 9.53 Å². The van der Waals surface area contributed by atoms with Gasteiger partial charge in [0.15, 0.2) is 0 Å². The molecule has 1 aliphatic heterocycles. The van der Waals surface area contributed by atoms with Crippen LogP contribution in [0.25, 0.3) is 0 Å². The zero-order chi connectivity index (χ0) is 18.8. The normalized spacial score (nSPS) is 15.9. The van der Waals surface area contributed by atoms with Crippen molar-refractivity contribution in [2.24, 2.45) is 0 Å². The third kappa shape index (κ3) is 3.30. The molecule has 4 nitrogen and oxygen atoms in total. The summed E-state index contributed by atoms with van der Waals surface area (Å²) in [6, 6.07) is 23.2. The van der Waals surface area contributed by atoms with Gasteiger partial charge in [-0.2, -0.15) is 0 Å². The van der Waals surface area contributed by atoms with E-state index in [0.29, 0.717) is 12.2 Å². The van der Waals surface area contributed by atoms with Crippen molar-refractivity contribution in [1.82, 2.24) is 0 Å². The topological polar surface area (TPSA) is 41.6 Å². The number of hydrogen-bond acceptors (Lipinski definition) is 3. The average molecular weight is 423 g/mol. The molecule has 1 atom stereocenters. The molecule has 0 unspecified atom stereocenters. The van der Waals surface area contributed by atoms with Crippen LogP contribution < -0.4 is 15.0 Å². The Morgan fingerprint density at radius 2 is 1.70 bits per heavy atom. The van der Waals surface area contributed by atoms with Crippen LogP contribution >= 0.6 is 15.9 Å². The summed E-state index contributed by atoms with van der Waals surface area (Å²) in [6.45, 7) is 2.52. The van der Waals surface area contributed by atoms with Gasteiger partial charge in [-0.25, -0.2) is 0 Å². The Bertz CT molecular complexity index is 972. The number of hydrogen-bond donors (Lipinski definition) is 1. The van der Waals surface area contributed by atoms with E-state index in [9.17, 15) is 4.79 Å². The summed E-state index contributed by atoms with van der Waals surface area (Å²) in [7, 11) is 0. The van der Waals surface area contributed by atoms with Crippen LogP contribution in [0.1, 0.15) is 29.0 Å². The van der Waals surface area contributed by atoms with Crippen molar-refractivity contribution in [3.8, 4) is 5.75 Å². The molecule has 136 valence electrons. The first-order valence-electron chi connectivity index (χ1n) is 8.85. The third-order valence-electron chi connectivity index (χ3n) is 4.54. The summed E-state index contributed by atoms with van der Waals surface area (Å²) in [5, 5.41) is 3.52. The Morgan fingerprint density at radius 1 is 1.00 bits per heavy atom. The van der Waals surface area contributed by atoms with Gasteiger partial charge in [0.25, 0.3) is 5.91 Å². The number of fused-ring (bicyclic) bond motifs is 1. The summed E-state index contributed by atoms with van der Waals surface area (Å²) >= 11 is 3.46. The summed E-state index contributed by atoms with van der Waals surface area (Å²) in [4.78, 5) is 15.2. The molecule has 1 heterocycles. The van der Waals surface area contributed by atoms with Crippen LogP contribution in [0.4, 0.5) is 11.4 Å². The van der Waals surface area contributed by atoms with E-state index in [-0.39, 0.29) is 12.1 Å².